The molecule has 0 fully saturated rings. The van der Waals surface area contributed by atoms with Crippen molar-refractivity contribution in [2.24, 2.45) is 5.92 Å². The molecule has 0 bridgehead atoms. The van der Waals surface area contributed by atoms with Gasteiger partial charge in [-0.05, 0) is 15.9 Å². The molecule has 0 aliphatic heterocycles. The van der Waals surface area contributed by atoms with Gasteiger partial charge in [-0.2, -0.15) is 0 Å². The number of ether oxygens (including phenoxy) is 1. The molecular weight excluding hydrogens is 266 g/mol. The van der Waals surface area contributed by atoms with Crippen LogP contribution in [0.15, 0.2) is 15.2 Å². The summed E-state index contributed by atoms with van der Waals surface area (Å²) in [5, 5.41) is 7.16. The van der Waals surface area contributed by atoms with E-state index in [1.165, 1.54) is 7.11 Å². The number of halogens is 1. The molecule has 0 aromatic carbocycles. The molecule has 0 aliphatic rings. The van der Waals surface area contributed by atoms with Crippen LogP contribution in [0.25, 0.3) is 0 Å². The van der Waals surface area contributed by atoms with Crippen molar-refractivity contribution < 1.29 is 9.53 Å². The molecule has 5 heteroatoms. The smallest absolute Gasteiger partial charge is 0.310 e. The van der Waals surface area contributed by atoms with Gasteiger partial charge in [-0.25, -0.2) is 0 Å². The molecule has 78 valence electrons. The summed E-state index contributed by atoms with van der Waals surface area (Å²) in [5.74, 6) is -0.323. The second-order valence-electron chi connectivity index (χ2n) is 2.94. The van der Waals surface area contributed by atoms with Gasteiger partial charge in [-0.1, -0.05) is 6.92 Å². The van der Waals surface area contributed by atoms with Gasteiger partial charge in [0.25, 0.3) is 0 Å². The molecule has 0 amide bonds. The van der Waals surface area contributed by atoms with Crippen molar-refractivity contribution in [1.82, 2.24) is 0 Å². The molecule has 1 N–H and O–H groups in total. The van der Waals surface area contributed by atoms with Crippen LogP contribution >= 0.6 is 27.3 Å². The summed E-state index contributed by atoms with van der Waals surface area (Å²) >= 11 is 5.01. The Balaban J connectivity index is 2.41. The first kappa shape index (κ1) is 11.5. The van der Waals surface area contributed by atoms with E-state index < -0.39 is 0 Å². The highest BCUT2D eigenvalue weighted by Gasteiger charge is 2.12. The fourth-order valence-corrected chi connectivity index (χ4v) is 2.35. The zero-order valence-electron chi connectivity index (χ0n) is 8.04. The lowest BCUT2D eigenvalue weighted by molar-refractivity contribution is -0.144. The van der Waals surface area contributed by atoms with Crippen LogP contribution in [-0.2, 0) is 9.53 Å². The Morgan fingerprint density at radius 2 is 2.43 bits per heavy atom. The molecule has 1 aromatic rings. The minimum absolute atomic E-state index is 0.133. The summed E-state index contributed by atoms with van der Waals surface area (Å²) in [6.45, 7) is 2.42. The average molecular weight is 278 g/mol. The molecule has 1 heterocycles. The third kappa shape index (κ3) is 2.99. The molecule has 1 unspecified atom stereocenters. The van der Waals surface area contributed by atoms with Crippen LogP contribution in [0.4, 0.5) is 5.69 Å². The number of esters is 1. The van der Waals surface area contributed by atoms with Crippen molar-refractivity contribution in [3.05, 3.63) is 15.2 Å². The van der Waals surface area contributed by atoms with E-state index in [1.807, 2.05) is 17.7 Å². The van der Waals surface area contributed by atoms with Gasteiger partial charge in [0.2, 0.25) is 0 Å². The van der Waals surface area contributed by atoms with Crippen LogP contribution in [0.5, 0.6) is 0 Å². The predicted octanol–water partition coefficient (Wildman–Crippen LogP) is 2.73. The summed E-state index contributed by atoms with van der Waals surface area (Å²) < 4.78 is 5.65. The Labute approximate surface area is 95.6 Å². The van der Waals surface area contributed by atoms with E-state index in [0.29, 0.717) is 6.54 Å². The maximum absolute atomic E-state index is 11.1. The maximum Gasteiger partial charge on any atom is 0.310 e. The molecule has 0 saturated carbocycles. The second kappa shape index (κ2) is 5.36. The van der Waals surface area contributed by atoms with Crippen molar-refractivity contribution in [3.63, 3.8) is 0 Å². The van der Waals surface area contributed by atoms with Crippen LogP contribution in [-0.4, -0.2) is 19.6 Å². The van der Waals surface area contributed by atoms with E-state index in [-0.39, 0.29) is 11.9 Å². The summed E-state index contributed by atoms with van der Waals surface area (Å²) in [7, 11) is 1.40. The Hall–Kier alpha value is -0.550. The SMILES string of the molecule is COC(=O)C(C)CNc1cscc1Br. The van der Waals surface area contributed by atoms with Crippen LogP contribution in [0, 0.1) is 5.92 Å². The summed E-state index contributed by atoms with van der Waals surface area (Å²) in [6.07, 6.45) is 0. The van der Waals surface area contributed by atoms with Crippen LogP contribution in [0.2, 0.25) is 0 Å². The summed E-state index contributed by atoms with van der Waals surface area (Å²) in [5.41, 5.74) is 1.02. The molecule has 1 atom stereocenters. The molecule has 1 aromatic heterocycles. The van der Waals surface area contributed by atoms with Crippen LogP contribution in [0.1, 0.15) is 6.92 Å². The number of rotatable bonds is 4. The second-order valence-corrected chi connectivity index (χ2v) is 4.54. The van der Waals surface area contributed by atoms with Crippen molar-refractivity contribution in [3.8, 4) is 0 Å². The quantitative estimate of drug-likeness (QED) is 0.861. The van der Waals surface area contributed by atoms with Gasteiger partial charge in [0.05, 0.1) is 23.2 Å². The molecule has 0 radical (unpaired) electrons. The highest BCUT2D eigenvalue weighted by Crippen LogP contribution is 2.26. The molecule has 14 heavy (non-hydrogen) atoms. The highest BCUT2D eigenvalue weighted by molar-refractivity contribution is 9.10. The first-order valence-electron chi connectivity index (χ1n) is 4.18. The molecule has 3 nitrogen and oxygen atoms in total. The van der Waals surface area contributed by atoms with E-state index >= 15 is 0 Å². The summed E-state index contributed by atoms with van der Waals surface area (Å²) in [6, 6.07) is 0. The van der Waals surface area contributed by atoms with Crippen LogP contribution in [0.3, 0.4) is 0 Å². The Morgan fingerprint density at radius 1 is 1.71 bits per heavy atom. The van der Waals surface area contributed by atoms with Crippen molar-refractivity contribution in [1.29, 1.82) is 0 Å². The van der Waals surface area contributed by atoms with E-state index in [4.69, 9.17) is 0 Å². The van der Waals surface area contributed by atoms with Gasteiger partial charge in [0, 0.05) is 17.3 Å². The largest absolute Gasteiger partial charge is 0.469 e. The monoisotopic (exact) mass is 277 g/mol. The Kier molecular flexibility index (Phi) is 4.41. The number of carbonyl (C=O) groups is 1. The minimum Gasteiger partial charge on any atom is -0.469 e. The zero-order valence-corrected chi connectivity index (χ0v) is 10.4. The number of methoxy groups -OCH3 is 1. The zero-order chi connectivity index (χ0) is 10.6. The number of nitrogens with one attached hydrogen (secondary N) is 1. The Bertz CT molecular complexity index is 314. The fourth-order valence-electron chi connectivity index (χ4n) is 0.955. The molecule has 0 saturated heterocycles. The third-order valence-corrected chi connectivity index (χ3v) is 3.52. The normalized spacial score (nSPS) is 12.2. The number of thiophene rings is 1. The lowest BCUT2D eigenvalue weighted by Gasteiger charge is -2.10. The molecular formula is C9H12BrNO2S. The number of carbonyl (C=O) groups excluding carboxylic acids is 1. The van der Waals surface area contributed by atoms with E-state index in [1.54, 1.807) is 11.3 Å². The van der Waals surface area contributed by atoms with Gasteiger partial charge in [0.1, 0.15) is 0 Å². The van der Waals surface area contributed by atoms with E-state index in [9.17, 15) is 4.79 Å². The van der Waals surface area contributed by atoms with Gasteiger partial charge in [0.15, 0.2) is 0 Å². The number of hydrogen-bond acceptors (Lipinski definition) is 4. The van der Waals surface area contributed by atoms with E-state index in [2.05, 4.69) is 26.0 Å². The summed E-state index contributed by atoms with van der Waals surface area (Å²) in [4.78, 5) is 11.1. The van der Waals surface area contributed by atoms with Crippen molar-refractivity contribution >= 4 is 38.9 Å². The predicted molar refractivity (Wildman–Crippen MR) is 61.7 cm³/mol. The standard InChI is InChI=1S/C9H12BrNO2S/c1-6(9(12)13-2)3-11-8-5-14-4-7(8)10/h4-6,11H,3H2,1-2H3. The number of hydrogen-bond donors (Lipinski definition) is 1. The molecule has 0 aliphatic carbocycles. The van der Waals surface area contributed by atoms with Gasteiger partial charge in [-0.3, -0.25) is 4.79 Å². The Morgan fingerprint density at radius 3 is 2.93 bits per heavy atom. The highest BCUT2D eigenvalue weighted by atomic mass is 79.9. The third-order valence-electron chi connectivity index (χ3n) is 1.82. The molecule has 1 rings (SSSR count). The maximum atomic E-state index is 11.1. The minimum atomic E-state index is -0.191. The first-order valence-corrected chi connectivity index (χ1v) is 5.92. The fraction of sp³-hybridized carbons (Fsp3) is 0.444. The average Bonchev–Trinajstić information content (AvgIpc) is 2.59. The van der Waals surface area contributed by atoms with Crippen LogP contribution < -0.4 is 5.32 Å². The lowest BCUT2D eigenvalue weighted by Crippen LogP contribution is -2.21. The van der Waals surface area contributed by atoms with E-state index in [0.717, 1.165) is 10.2 Å². The van der Waals surface area contributed by atoms with Gasteiger partial charge >= 0.3 is 5.97 Å². The van der Waals surface area contributed by atoms with Crippen molar-refractivity contribution in [2.75, 3.05) is 19.0 Å². The molecule has 0 spiro atoms. The number of anilines is 1. The van der Waals surface area contributed by atoms with Gasteiger partial charge < -0.3 is 10.1 Å². The first-order chi connectivity index (χ1) is 6.65. The topological polar surface area (TPSA) is 38.3 Å². The van der Waals surface area contributed by atoms with Crippen molar-refractivity contribution in [2.45, 2.75) is 6.92 Å². The van der Waals surface area contributed by atoms with Gasteiger partial charge in [-0.15, -0.1) is 11.3 Å². The lowest BCUT2D eigenvalue weighted by atomic mass is 10.2.